The number of hydrogen-bond donors (Lipinski definition) is 2. The fraction of sp³-hybridized carbons (Fsp3) is 0.417. The summed E-state index contributed by atoms with van der Waals surface area (Å²) >= 11 is 0. The van der Waals surface area contributed by atoms with Crippen LogP contribution in [0.3, 0.4) is 0 Å². The number of aromatic hydroxyl groups is 1. The van der Waals surface area contributed by atoms with E-state index in [4.69, 9.17) is 5.11 Å². The molecule has 1 aromatic carbocycles. The van der Waals surface area contributed by atoms with E-state index >= 15 is 0 Å². The summed E-state index contributed by atoms with van der Waals surface area (Å²) in [6.07, 6.45) is 0. The van der Waals surface area contributed by atoms with Crippen LogP contribution in [0.15, 0.2) is 18.2 Å². The molecule has 1 rings (SSSR count). The number of nitro groups is 1. The Hall–Kier alpha value is -2.15. The van der Waals surface area contributed by atoms with Gasteiger partial charge in [0.25, 0.3) is 11.6 Å². The summed E-state index contributed by atoms with van der Waals surface area (Å²) in [5.74, 6) is -0.812. The van der Waals surface area contributed by atoms with E-state index < -0.39 is 10.8 Å². The van der Waals surface area contributed by atoms with Crippen molar-refractivity contribution < 1.29 is 19.9 Å². The Morgan fingerprint density at radius 2 is 2.11 bits per heavy atom. The smallest absolute Gasteiger partial charge is 0.282 e. The van der Waals surface area contributed by atoms with Crippen LogP contribution in [0.2, 0.25) is 0 Å². The summed E-state index contributed by atoms with van der Waals surface area (Å²) in [7, 11) is 0. The number of phenols is 1. The SMILES string of the molecule is CC(C)N(CCO)C(=O)c1cc(O)ccc1[N+](=O)[O-]. The van der Waals surface area contributed by atoms with Crippen molar-refractivity contribution >= 4 is 11.6 Å². The second-order valence-corrected chi connectivity index (χ2v) is 4.27. The lowest BCUT2D eigenvalue weighted by Gasteiger charge is -2.25. The van der Waals surface area contributed by atoms with Gasteiger partial charge in [-0.25, -0.2) is 0 Å². The Morgan fingerprint density at radius 1 is 1.47 bits per heavy atom. The van der Waals surface area contributed by atoms with Crippen LogP contribution < -0.4 is 0 Å². The lowest BCUT2D eigenvalue weighted by Crippen LogP contribution is -2.39. The van der Waals surface area contributed by atoms with E-state index in [-0.39, 0.29) is 36.2 Å². The van der Waals surface area contributed by atoms with Crippen LogP contribution in [-0.4, -0.2) is 45.1 Å². The third-order valence-electron chi connectivity index (χ3n) is 2.63. The maximum atomic E-state index is 12.3. The number of hydrogen-bond acceptors (Lipinski definition) is 5. The van der Waals surface area contributed by atoms with Gasteiger partial charge in [0.1, 0.15) is 11.3 Å². The second-order valence-electron chi connectivity index (χ2n) is 4.27. The van der Waals surface area contributed by atoms with Crippen molar-refractivity contribution in [3.63, 3.8) is 0 Å². The zero-order valence-electron chi connectivity index (χ0n) is 10.7. The lowest BCUT2D eigenvalue weighted by molar-refractivity contribution is -0.385. The molecule has 7 nitrogen and oxygen atoms in total. The van der Waals surface area contributed by atoms with Crippen LogP contribution in [0.4, 0.5) is 5.69 Å². The minimum absolute atomic E-state index is 0.0727. The van der Waals surface area contributed by atoms with E-state index in [9.17, 15) is 20.0 Å². The van der Waals surface area contributed by atoms with E-state index in [1.54, 1.807) is 13.8 Å². The number of carbonyl (C=O) groups is 1. The van der Waals surface area contributed by atoms with Gasteiger partial charge in [-0.3, -0.25) is 14.9 Å². The molecule has 0 aliphatic rings. The van der Waals surface area contributed by atoms with Gasteiger partial charge in [0, 0.05) is 18.7 Å². The van der Waals surface area contributed by atoms with Gasteiger partial charge in [0.15, 0.2) is 0 Å². The molecule has 0 fully saturated rings. The van der Waals surface area contributed by atoms with Crippen molar-refractivity contribution in [1.82, 2.24) is 4.90 Å². The molecule has 104 valence electrons. The normalized spacial score (nSPS) is 10.5. The van der Waals surface area contributed by atoms with Crippen molar-refractivity contribution in [3.8, 4) is 5.75 Å². The first kappa shape index (κ1) is 14.9. The van der Waals surface area contributed by atoms with Crippen LogP contribution in [0.25, 0.3) is 0 Å². The average Bonchev–Trinajstić information content (AvgIpc) is 2.34. The molecule has 19 heavy (non-hydrogen) atoms. The molecule has 0 atom stereocenters. The highest BCUT2D eigenvalue weighted by Gasteiger charge is 2.26. The van der Waals surface area contributed by atoms with Crippen LogP contribution >= 0.6 is 0 Å². The Labute approximate surface area is 110 Å². The molecule has 7 heteroatoms. The second kappa shape index (κ2) is 6.14. The first-order chi connectivity index (χ1) is 8.88. The Morgan fingerprint density at radius 3 is 2.58 bits per heavy atom. The summed E-state index contributed by atoms with van der Waals surface area (Å²) in [6, 6.07) is 3.08. The largest absolute Gasteiger partial charge is 0.508 e. The quantitative estimate of drug-likeness (QED) is 0.615. The molecule has 0 aliphatic heterocycles. The average molecular weight is 268 g/mol. The van der Waals surface area contributed by atoms with Crippen molar-refractivity contribution in [3.05, 3.63) is 33.9 Å². The number of carbonyl (C=O) groups excluding carboxylic acids is 1. The molecule has 1 aromatic rings. The number of rotatable bonds is 5. The van der Waals surface area contributed by atoms with Gasteiger partial charge < -0.3 is 15.1 Å². The first-order valence-corrected chi connectivity index (χ1v) is 5.77. The molecule has 0 aliphatic carbocycles. The standard InChI is InChI=1S/C12H16N2O5/c1-8(2)13(5-6-15)12(17)10-7-9(16)3-4-11(10)14(18)19/h3-4,7-8,15-16H,5-6H2,1-2H3. The molecule has 0 saturated heterocycles. The molecule has 0 aromatic heterocycles. The van der Waals surface area contributed by atoms with Gasteiger partial charge in [-0.2, -0.15) is 0 Å². The summed E-state index contributed by atoms with van der Waals surface area (Å²) in [5, 5.41) is 29.2. The van der Waals surface area contributed by atoms with E-state index in [1.165, 1.54) is 4.90 Å². The molecular weight excluding hydrogens is 252 g/mol. The van der Waals surface area contributed by atoms with Crippen LogP contribution in [-0.2, 0) is 0 Å². The van der Waals surface area contributed by atoms with E-state index in [2.05, 4.69) is 0 Å². The third kappa shape index (κ3) is 3.41. The zero-order chi connectivity index (χ0) is 14.6. The summed E-state index contributed by atoms with van der Waals surface area (Å²) in [4.78, 5) is 23.8. The van der Waals surface area contributed by atoms with Crippen LogP contribution in [0.1, 0.15) is 24.2 Å². The predicted molar refractivity (Wildman–Crippen MR) is 68.0 cm³/mol. The minimum Gasteiger partial charge on any atom is -0.508 e. The Kier molecular flexibility index (Phi) is 4.82. The van der Waals surface area contributed by atoms with Crippen molar-refractivity contribution in [2.24, 2.45) is 0 Å². The lowest BCUT2D eigenvalue weighted by atomic mass is 10.1. The number of phenolic OH excluding ortho intramolecular Hbond substituents is 1. The van der Waals surface area contributed by atoms with Crippen molar-refractivity contribution in [2.75, 3.05) is 13.2 Å². The number of aliphatic hydroxyl groups is 1. The fourth-order valence-corrected chi connectivity index (χ4v) is 1.71. The highest BCUT2D eigenvalue weighted by Crippen LogP contribution is 2.25. The topological polar surface area (TPSA) is 104 Å². The maximum Gasteiger partial charge on any atom is 0.282 e. The highest BCUT2D eigenvalue weighted by molar-refractivity contribution is 5.98. The van der Waals surface area contributed by atoms with Gasteiger partial charge in [-0.1, -0.05) is 0 Å². The summed E-state index contributed by atoms with van der Waals surface area (Å²) in [6.45, 7) is 3.31. The van der Waals surface area contributed by atoms with Gasteiger partial charge in [0.05, 0.1) is 11.5 Å². The Balaban J connectivity index is 3.23. The maximum absolute atomic E-state index is 12.3. The molecule has 1 amide bonds. The fourth-order valence-electron chi connectivity index (χ4n) is 1.71. The number of amides is 1. The van der Waals surface area contributed by atoms with E-state index in [1.807, 2.05) is 0 Å². The first-order valence-electron chi connectivity index (χ1n) is 5.77. The molecule has 0 radical (unpaired) electrons. The van der Waals surface area contributed by atoms with Crippen molar-refractivity contribution in [2.45, 2.75) is 19.9 Å². The predicted octanol–water partition coefficient (Wildman–Crippen LogP) is 1.14. The van der Waals surface area contributed by atoms with E-state index in [0.29, 0.717) is 0 Å². The number of benzene rings is 1. The molecule has 0 heterocycles. The van der Waals surface area contributed by atoms with Gasteiger partial charge >= 0.3 is 0 Å². The molecule has 0 bridgehead atoms. The number of aliphatic hydroxyl groups excluding tert-OH is 1. The van der Waals surface area contributed by atoms with Crippen molar-refractivity contribution in [1.29, 1.82) is 0 Å². The number of nitro benzene ring substituents is 1. The van der Waals surface area contributed by atoms with Crippen LogP contribution in [0.5, 0.6) is 5.75 Å². The van der Waals surface area contributed by atoms with Gasteiger partial charge in [-0.15, -0.1) is 0 Å². The molecule has 0 spiro atoms. The molecule has 0 saturated carbocycles. The zero-order valence-corrected chi connectivity index (χ0v) is 10.7. The van der Waals surface area contributed by atoms with Gasteiger partial charge in [-0.05, 0) is 26.0 Å². The summed E-state index contributed by atoms with van der Waals surface area (Å²) < 4.78 is 0. The number of nitrogens with zero attached hydrogens (tertiary/aromatic N) is 2. The third-order valence-corrected chi connectivity index (χ3v) is 2.63. The molecule has 2 N–H and O–H groups in total. The molecular formula is C12H16N2O5. The monoisotopic (exact) mass is 268 g/mol. The Bertz CT molecular complexity index is 487. The summed E-state index contributed by atoms with van der Waals surface area (Å²) in [5.41, 5.74) is -0.557. The minimum atomic E-state index is -0.676. The van der Waals surface area contributed by atoms with E-state index in [0.717, 1.165) is 18.2 Å². The highest BCUT2D eigenvalue weighted by atomic mass is 16.6. The molecule has 0 unspecified atom stereocenters. The van der Waals surface area contributed by atoms with Gasteiger partial charge in [0.2, 0.25) is 0 Å². The van der Waals surface area contributed by atoms with Crippen LogP contribution in [0, 0.1) is 10.1 Å².